The average Bonchev–Trinajstić information content (AvgIpc) is 2.75. The molecule has 4 heteroatoms. The van der Waals surface area contributed by atoms with Gasteiger partial charge in [-0.3, -0.25) is 4.79 Å². The minimum Gasteiger partial charge on any atom is -0.493 e. The first-order valence-electron chi connectivity index (χ1n) is 7.57. The lowest BCUT2D eigenvalue weighted by molar-refractivity contribution is -0.124. The quantitative estimate of drug-likeness (QED) is 0.865. The predicted octanol–water partition coefficient (Wildman–Crippen LogP) is 1.81. The van der Waals surface area contributed by atoms with E-state index in [1.807, 2.05) is 24.3 Å². The lowest BCUT2D eigenvalue weighted by Gasteiger charge is -2.27. The van der Waals surface area contributed by atoms with Crippen molar-refractivity contribution in [3.63, 3.8) is 0 Å². The first-order chi connectivity index (χ1) is 9.84. The summed E-state index contributed by atoms with van der Waals surface area (Å²) in [5, 5.41) is 6.61. The Bertz CT molecular complexity index is 467. The summed E-state index contributed by atoms with van der Waals surface area (Å²) in [5.41, 5.74) is 1.03. The van der Waals surface area contributed by atoms with Crippen LogP contribution in [-0.2, 0) is 4.79 Å². The first-order valence-corrected chi connectivity index (χ1v) is 7.57. The molecule has 108 valence electrons. The van der Waals surface area contributed by atoms with Gasteiger partial charge in [0.05, 0.1) is 12.5 Å². The highest BCUT2D eigenvalue weighted by Gasteiger charge is 2.28. The third-order valence-electron chi connectivity index (χ3n) is 4.20. The highest BCUT2D eigenvalue weighted by Crippen LogP contribution is 2.33. The molecule has 0 spiro atoms. The van der Waals surface area contributed by atoms with Crippen LogP contribution < -0.4 is 15.4 Å². The Morgan fingerprint density at radius 3 is 3.05 bits per heavy atom. The maximum absolute atomic E-state index is 12.6. The maximum atomic E-state index is 12.6. The zero-order chi connectivity index (χ0) is 13.8. The van der Waals surface area contributed by atoms with Gasteiger partial charge in [-0.1, -0.05) is 18.2 Å². The molecule has 3 rings (SSSR count). The second-order valence-corrected chi connectivity index (χ2v) is 5.61. The van der Waals surface area contributed by atoms with E-state index >= 15 is 0 Å². The number of para-hydroxylation sites is 1. The van der Waals surface area contributed by atoms with Crippen LogP contribution in [0.4, 0.5) is 0 Å². The molecule has 0 saturated carbocycles. The molecule has 1 amide bonds. The zero-order valence-corrected chi connectivity index (χ0v) is 11.7. The number of carbonyl (C=O) groups is 1. The monoisotopic (exact) mass is 274 g/mol. The first kappa shape index (κ1) is 13.4. The number of rotatable bonds is 2. The number of fused-ring (bicyclic) bond motifs is 1. The maximum Gasteiger partial charge on any atom is 0.228 e. The van der Waals surface area contributed by atoms with Gasteiger partial charge < -0.3 is 15.4 Å². The molecule has 2 aliphatic rings. The molecular weight excluding hydrogens is 252 g/mol. The van der Waals surface area contributed by atoms with E-state index in [-0.39, 0.29) is 11.8 Å². The van der Waals surface area contributed by atoms with Crippen molar-refractivity contribution < 1.29 is 9.53 Å². The standard InChI is InChI=1S/C16H22N2O2/c19-16(18-12-4-3-9-17-10-7-12)14-8-11-20-15-6-2-1-5-13(14)15/h1-2,5-6,12,14,17H,3-4,7-11H2,(H,18,19). The van der Waals surface area contributed by atoms with Crippen LogP contribution in [0, 0.1) is 0 Å². The fourth-order valence-electron chi connectivity index (χ4n) is 3.08. The number of ether oxygens (including phenoxy) is 1. The van der Waals surface area contributed by atoms with E-state index in [1.54, 1.807) is 0 Å². The average molecular weight is 274 g/mol. The van der Waals surface area contributed by atoms with Crippen molar-refractivity contribution in [2.45, 2.75) is 37.6 Å². The Hall–Kier alpha value is -1.55. The van der Waals surface area contributed by atoms with E-state index < -0.39 is 0 Å². The van der Waals surface area contributed by atoms with E-state index in [2.05, 4.69) is 10.6 Å². The lowest BCUT2D eigenvalue weighted by atomic mass is 9.92. The molecule has 2 N–H and O–H groups in total. The largest absolute Gasteiger partial charge is 0.493 e. The van der Waals surface area contributed by atoms with E-state index in [0.717, 1.165) is 50.1 Å². The lowest BCUT2D eigenvalue weighted by Crippen LogP contribution is -2.39. The smallest absolute Gasteiger partial charge is 0.228 e. The summed E-state index contributed by atoms with van der Waals surface area (Å²) in [5.74, 6) is 0.963. The molecule has 2 unspecified atom stereocenters. The summed E-state index contributed by atoms with van der Waals surface area (Å²) in [7, 11) is 0. The molecule has 0 aliphatic carbocycles. The van der Waals surface area contributed by atoms with Gasteiger partial charge in [0.2, 0.25) is 5.91 Å². The molecule has 0 bridgehead atoms. The van der Waals surface area contributed by atoms with Gasteiger partial charge in [-0.05, 0) is 44.8 Å². The van der Waals surface area contributed by atoms with Crippen LogP contribution >= 0.6 is 0 Å². The Labute approximate surface area is 119 Å². The number of hydrogen-bond donors (Lipinski definition) is 2. The normalized spacial score (nSPS) is 26.0. The molecule has 4 nitrogen and oxygen atoms in total. The minimum absolute atomic E-state index is 0.0591. The molecule has 2 atom stereocenters. The molecular formula is C16H22N2O2. The van der Waals surface area contributed by atoms with Crippen LogP contribution in [0.3, 0.4) is 0 Å². The highest BCUT2D eigenvalue weighted by molar-refractivity contribution is 5.85. The van der Waals surface area contributed by atoms with Crippen LogP contribution in [0.1, 0.15) is 37.2 Å². The molecule has 1 fully saturated rings. The van der Waals surface area contributed by atoms with Crippen molar-refractivity contribution >= 4 is 5.91 Å². The van der Waals surface area contributed by atoms with Gasteiger partial charge in [-0.25, -0.2) is 0 Å². The summed E-state index contributed by atoms with van der Waals surface area (Å²) in [6.45, 7) is 2.68. The number of benzene rings is 1. The number of amides is 1. The molecule has 2 heterocycles. The molecule has 2 aliphatic heterocycles. The topological polar surface area (TPSA) is 50.4 Å². The summed E-state index contributed by atoms with van der Waals surface area (Å²) >= 11 is 0. The van der Waals surface area contributed by atoms with Crippen LogP contribution in [0.25, 0.3) is 0 Å². The van der Waals surface area contributed by atoms with E-state index in [4.69, 9.17) is 4.74 Å². The Morgan fingerprint density at radius 2 is 2.10 bits per heavy atom. The van der Waals surface area contributed by atoms with Gasteiger partial charge in [0.25, 0.3) is 0 Å². The minimum atomic E-state index is -0.0591. The second-order valence-electron chi connectivity index (χ2n) is 5.61. The zero-order valence-electron chi connectivity index (χ0n) is 11.7. The summed E-state index contributed by atoms with van der Waals surface area (Å²) in [6, 6.07) is 8.20. The van der Waals surface area contributed by atoms with Gasteiger partial charge in [-0.2, -0.15) is 0 Å². The van der Waals surface area contributed by atoms with E-state index in [9.17, 15) is 4.79 Å². The molecule has 0 radical (unpaired) electrons. The van der Waals surface area contributed by atoms with Gasteiger partial charge in [-0.15, -0.1) is 0 Å². The number of carbonyl (C=O) groups excluding carboxylic acids is 1. The van der Waals surface area contributed by atoms with Gasteiger partial charge in [0.15, 0.2) is 0 Å². The second kappa shape index (κ2) is 6.27. The van der Waals surface area contributed by atoms with Gasteiger partial charge in [0.1, 0.15) is 5.75 Å². The van der Waals surface area contributed by atoms with Gasteiger partial charge >= 0.3 is 0 Å². The van der Waals surface area contributed by atoms with Crippen molar-refractivity contribution in [1.29, 1.82) is 0 Å². The van der Waals surface area contributed by atoms with Crippen molar-refractivity contribution in [2.75, 3.05) is 19.7 Å². The summed E-state index contributed by atoms with van der Waals surface area (Å²) < 4.78 is 5.62. The number of nitrogens with one attached hydrogen (secondary N) is 2. The van der Waals surface area contributed by atoms with Crippen LogP contribution in [0.5, 0.6) is 5.75 Å². The fraction of sp³-hybridized carbons (Fsp3) is 0.562. The molecule has 1 aromatic carbocycles. The summed E-state index contributed by atoms with van der Waals surface area (Å²) in [4.78, 5) is 12.6. The summed E-state index contributed by atoms with van der Waals surface area (Å²) in [6.07, 6.45) is 4.00. The van der Waals surface area contributed by atoms with Crippen molar-refractivity contribution in [2.24, 2.45) is 0 Å². The van der Waals surface area contributed by atoms with E-state index in [1.165, 1.54) is 0 Å². The highest BCUT2D eigenvalue weighted by atomic mass is 16.5. The van der Waals surface area contributed by atoms with Crippen molar-refractivity contribution in [3.8, 4) is 5.75 Å². The molecule has 1 saturated heterocycles. The van der Waals surface area contributed by atoms with Crippen LogP contribution in [0.15, 0.2) is 24.3 Å². The fourth-order valence-corrected chi connectivity index (χ4v) is 3.08. The molecule has 0 aromatic heterocycles. The van der Waals surface area contributed by atoms with Crippen LogP contribution in [0.2, 0.25) is 0 Å². The third-order valence-corrected chi connectivity index (χ3v) is 4.20. The third kappa shape index (κ3) is 2.96. The predicted molar refractivity (Wildman–Crippen MR) is 77.9 cm³/mol. The van der Waals surface area contributed by atoms with E-state index in [0.29, 0.717) is 12.6 Å². The number of hydrogen-bond acceptors (Lipinski definition) is 3. The SMILES string of the molecule is O=C(NC1CCCNCC1)C1CCOc2ccccc21. The Morgan fingerprint density at radius 1 is 1.20 bits per heavy atom. The Balaban J connectivity index is 1.68. The van der Waals surface area contributed by atoms with Crippen molar-refractivity contribution in [1.82, 2.24) is 10.6 Å². The van der Waals surface area contributed by atoms with Crippen molar-refractivity contribution in [3.05, 3.63) is 29.8 Å². The molecule has 1 aromatic rings. The Kier molecular flexibility index (Phi) is 4.21. The molecule has 20 heavy (non-hydrogen) atoms. The van der Waals surface area contributed by atoms with Crippen LogP contribution in [-0.4, -0.2) is 31.6 Å². The van der Waals surface area contributed by atoms with Gasteiger partial charge in [0, 0.05) is 11.6 Å².